The molecule has 0 aromatic carbocycles. The van der Waals surface area contributed by atoms with Gasteiger partial charge in [-0.2, -0.15) is 5.10 Å². The maximum absolute atomic E-state index is 12.7. The summed E-state index contributed by atoms with van der Waals surface area (Å²) in [6.45, 7) is 2.85. The molecular weight excluding hydrogens is 262 g/mol. The average Bonchev–Trinajstić information content (AvgIpc) is 2.64. The molecule has 106 valence electrons. The van der Waals surface area contributed by atoms with Gasteiger partial charge in [-0.25, -0.2) is 0 Å². The molecule has 2 rings (SSSR count). The molecule has 0 aliphatic carbocycles. The molecule has 0 bridgehead atoms. The lowest BCUT2D eigenvalue weighted by Gasteiger charge is -2.28. The summed E-state index contributed by atoms with van der Waals surface area (Å²) in [6.07, 6.45) is 5.26. The van der Waals surface area contributed by atoms with Crippen LogP contribution in [-0.4, -0.2) is 39.1 Å². The first kappa shape index (κ1) is 14.4. The summed E-state index contributed by atoms with van der Waals surface area (Å²) in [5.41, 5.74) is 1.64. The Morgan fingerprint density at radius 1 is 1.47 bits per heavy atom. The van der Waals surface area contributed by atoms with Gasteiger partial charge in [-0.05, 0) is 25.3 Å². The highest BCUT2D eigenvalue weighted by Gasteiger charge is 2.27. The number of aryl methyl sites for hydroxylation is 2. The van der Waals surface area contributed by atoms with Crippen LogP contribution in [0.25, 0.3) is 0 Å². The van der Waals surface area contributed by atoms with Crippen molar-refractivity contribution in [2.24, 2.45) is 7.05 Å². The van der Waals surface area contributed by atoms with Crippen molar-refractivity contribution >= 4 is 17.5 Å². The summed E-state index contributed by atoms with van der Waals surface area (Å²) < 4.78 is 1.69. The van der Waals surface area contributed by atoms with Gasteiger partial charge in [0.2, 0.25) is 0 Å². The molecule has 1 unspecified atom stereocenters. The van der Waals surface area contributed by atoms with Crippen LogP contribution in [0.1, 0.15) is 48.8 Å². The Kier molecular flexibility index (Phi) is 4.86. The van der Waals surface area contributed by atoms with Gasteiger partial charge in [-0.1, -0.05) is 19.8 Å². The summed E-state index contributed by atoms with van der Waals surface area (Å²) in [5.74, 6) is 0.590. The molecule has 5 heteroatoms. The number of alkyl halides is 1. The predicted octanol–water partition coefficient (Wildman–Crippen LogP) is 2.61. The Morgan fingerprint density at radius 3 is 2.89 bits per heavy atom. The zero-order chi connectivity index (χ0) is 13.8. The third kappa shape index (κ3) is 3.11. The largest absolute Gasteiger partial charge is 0.333 e. The van der Waals surface area contributed by atoms with E-state index in [1.54, 1.807) is 4.68 Å². The molecule has 1 aromatic heterocycles. The normalized spacial score (nSPS) is 20.4. The molecule has 1 atom stereocenters. The summed E-state index contributed by atoms with van der Waals surface area (Å²) in [5, 5.41) is 4.36. The Labute approximate surface area is 119 Å². The topological polar surface area (TPSA) is 38.1 Å². The minimum absolute atomic E-state index is 0.0715. The smallest absolute Gasteiger partial charge is 0.272 e. The van der Waals surface area contributed by atoms with E-state index in [0.29, 0.717) is 11.6 Å². The Bertz CT molecular complexity index is 444. The summed E-state index contributed by atoms with van der Waals surface area (Å²) >= 11 is 6.04. The monoisotopic (exact) mass is 283 g/mol. The van der Waals surface area contributed by atoms with Crippen LogP contribution in [-0.2, 0) is 13.5 Å². The van der Waals surface area contributed by atoms with E-state index in [-0.39, 0.29) is 11.9 Å². The van der Waals surface area contributed by atoms with Crippen LogP contribution in [0.2, 0.25) is 0 Å². The van der Waals surface area contributed by atoms with Crippen LogP contribution < -0.4 is 0 Å². The van der Waals surface area contributed by atoms with Gasteiger partial charge < -0.3 is 4.90 Å². The fourth-order valence-corrected chi connectivity index (χ4v) is 2.97. The molecule has 0 N–H and O–H groups in total. The maximum Gasteiger partial charge on any atom is 0.272 e. The Morgan fingerprint density at radius 2 is 2.26 bits per heavy atom. The van der Waals surface area contributed by atoms with Crippen LogP contribution >= 0.6 is 11.6 Å². The number of carbonyl (C=O) groups is 1. The van der Waals surface area contributed by atoms with Crippen LogP contribution in [0.15, 0.2) is 6.07 Å². The van der Waals surface area contributed by atoms with Gasteiger partial charge in [0.05, 0.1) is 5.69 Å². The van der Waals surface area contributed by atoms with Gasteiger partial charge >= 0.3 is 0 Å². The van der Waals surface area contributed by atoms with Gasteiger partial charge in [-0.3, -0.25) is 9.48 Å². The number of halogens is 1. The molecule has 1 saturated heterocycles. The third-order valence-corrected chi connectivity index (χ3v) is 4.18. The Balaban J connectivity index is 2.22. The van der Waals surface area contributed by atoms with Crippen molar-refractivity contribution in [1.82, 2.24) is 14.7 Å². The lowest BCUT2D eigenvalue weighted by atomic mass is 10.1. The number of hydrogen-bond donors (Lipinski definition) is 0. The molecule has 19 heavy (non-hydrogen) atoms. The molecule has 2 heterocycles. The zero-order valence-corrected chi connectivity index (χ0v) is 12.5. The molecular formula is C14H22ClN3O. The maximum atomic E-state index is 12.7. The summed E-state index contributed by atoms with van der Waals surface area (Å²) in [7, 11) is 1.83. The minimum Gasteiger partial charge on any atom is -0.333 e. The molecule has 0 spiro atoms. The first-order chi connectivity index (χ1) is 9.17. The number of carbonyl (C=O) groups excluding carboxylic acids is 1. The molecule has 0 radical (unpaired) electrons. The number of likely N-dealkylation sites (tertiary alicyclic amines) is 1. The first-order valence-electron chi connectivity index (χ1n) is 7.07. The highest BCUT2D eigenvalue weighted by atomic mass is 35.5. The van der Waals surface area contributed by atoms with Crippen molar-refractivity contribution in [3.63, 3.8) is 0 Å². The van der Waals surface area contributed by atoms with E-state index < -0.39 is 0 Å². The molecule has 1 aromatic rings. The second-order valence-electron chi connectivity index (χ2n) is 5.15. The second kappa shape index (κ2) is 6.42. The molecule has 4 nitrogen and oxygen atoms in total. The van der Waals surface area contributed by atoms with Gasteiger partial charge in [0.25, 0.3) is 5.91 Å². The number of nitrogens with zero attached hydrogens (tertiary/aromatic N) is 3. The molecule has 1 fully saturated rings. The van der Waals surface area contributed by atoms with Crippen molar-refractivity contribution in [2.45, 2.75) is 45.1 Å². The quantitative estimate of drug-likeness (QED) is 0.800. The van der Waals surface area contributed by atoms with Gasteiger partial charge in [-0.15, -0.1) is 11.6 Å². The van der Waals surface area contributed by atoms with E-state index in [2.05, 4.69) is 5.10 Å². The summed E-state index contributed by atoms with van der Waals surface area (Å²) in [6, 6.07) is 2.06. The van der Waals surface area contributed by atoms with E-state index in [9.17, 15) is 4.79 Å². The molecule has 1 aliphatic rings. The fourth-order valence-electron chi connectivity index (χ4n) is 2.65. The third-order valence-electron chi connectivity index (χ3n) is 3.83. The second-order valence-corrected chi connectivity index (χ2v) is 5.46. The van der Waals surface area contributed by atoms with Crippen molar-refractivity contribution in [2.75, 3.05) is 12.4 Å². The SMILES string of the molecule is CCc1cc(C(=O)N2CCCCCC2CCl)n(C)n1. The predicted molar refractivity (Wildman–Crippen MR) is 76.6 cm³/mol. The van der Waals surface area contributed by atoms with Gasteiger partial charge in [0, 0.05) is 25.5 Å². The number of hydrogen-bond acceptors (Lipinski definition) is 2. The minimum atomic E-state index is 0.0715. The van der Waals surface area contributed by atoms with E-state index >= 15 is 0 Å². The van der Waals surface area contributed by atoms with Crippen LogP contribution in [0.5, 0.6) is 0 Å². The average molecular weight is 284 g/mol. The van der Waals surface area contributed by atoms with Crippen molar-refractivity contribution in [3.05, 3.63) is 17.5 Å². The number of amides is 1. The van der Waals surface area contributed by atoms with Gasteiger partial charge in [0.1, 0.15) is 5.69 Å². The van der Waals surface area contributed by atoms with E-state index in [0.717, 1.165) is 37.9 Å². The van der Waals surface area contributed by atoms with E-state index in [1.807, 2.05) is 24.9 Å². The van der Waals surface area contributed by atoms with Crippen molar-refractivity contribution in [1.29, 1.82) is 0 Å². The highest BCUT2D eigenvalue weighted by Crippen LogP contribution is 2.20. The van der Waals surface area contributed by atoms with Crippen LogP contribution in [0.3, 0.4) is 0 Å². The van der Waals surface area contributed by atoms with Crippen molar-refractivity contribution < 1.29 is 4.79 Å². The molecule has 1 aliphatic heterocycles. The first-order valence-corrected chi connectivity index (χ1v) is 7.60. The molecule has 1 amide bonds. The standard InChI is InChI=1S/C14H22ClN3O/c1-3-11-9-13(17(2)16-11)14(19)18-8-6-4-5-7-12(18)10-15/h9,12H,3-8,10H2,1-2H3. The number of aromatic nitrogens is 2. The van der Waals surface area contributed by atoms with Gasteiger partial charge in [0.15, 0.2) is 0 Å². The fraction of sp³-hybridized carbons (Fsp3) is 0.714. The van der Waals surface area contributed by atoms with Crippen molar-refractivity contribution in [3.8, 4) is 0 Å². The molecule has 0 saturated carbocycles. The highest BCUT2D eigenvalue weighted by molar-refractivity contribution is 6.18. The number of rotatable bonds is 3. The lowest BCUT2D eigenvalue weighted by Crippen LogP contribution is -2.41. The van der Waals surface area contributed by atoms with E-state index in [1.165, 1.54) is 6.42 Å². The lowest BCUT2D eigenvalue weighted by molar-refractivity contribution is 0.0689. The Hall–Kier alpha value is -1.03. The van der Waals surface area contributed by atoms with Crippen LogP contribution in [0, 0.1) is 0 Å². The van der Waals surface area contributed by atoms with Crippen LogP contribution in [0.4, 0.5) is 0 Å². The zero-order valence-electron chi connectivity index (χ0n) is 11.7. The van der Waals surface area contributed by atoms with E-state index in [4.69, 9.17) is 11.6 Å². The summed E-state index contributed by atoms with van der Waals surface area (Å²) in [4.78, 5) is 14.6.